The van der Waals surface area contributed by atoms with Crippen LogP contribution in [0.2, 0.25) is 0 Å². The van der Waals surface area contributed by atoms with Crippen molar-refractivity contribution in [1.82, 2.24) is 5.43 Å². The van der Waals surface area contributed by atoms with Crippen molar-refractivity contribution < 1.29 is 4.74 Å². The second-order valence-corrected chi connectivity index (χ2v) is 7.41. The first kappa shape index (κ1) is 16.5. The van der Waals surface area contributed by atoms with E-state index in [-0.39, 0.29) is 12.1 Å². The molecule has 0 saturated carbocycles. The fourth-order valence-electron chi connectivity index (χ4n) is 2.94. The highest BCUT2D eigenvalue weighted by Crippen LogP contribution is 2.34. The summed E-state index contributed by atoms with van der Waals surface area (Å²) in [5, 5.41) is 0. The predicted octanol–water partition coefficient (Wildman–Crippen LogP) is 3.59. The van der Waals surface area contributed by atoms with E-state index in [4.69, 9.17) is 10.6 Å². The molecule has 118 valence electrons. The standard InChI is InChI=1S/C18H30N2O/c1-13(18(2,3)4)11-15(20-19)12-17-16-8-6-5-7-14(16)9-10-21-17/h5-8,13,15,17,20H,9-12,19H2,1-4H3. The van der Waals surface area contributed by atoms with E-state index in [0.29, 0.717) is 11.3 Å². The van der Waals surface area contributed by atoms with Crippen LogP contribution >= 0.6 is 0 Å². The molecular weight excluding hydrogens is 260 g/mol. The summed E-state index contributed by atoms with van der Waals surface area (Å²) in [4.78, 5) is 0. The molecule has 0 radical (unpaired) electrons. The quantitative estimate of drug-likeness (QED) is 0.643. The zero-order chi connectivity index (χ0) is 15.5. The average Bonchev–Trinajstić information content (AvgIpc) is 2.45. The van der Waals surface area contributed by atoms with Crippen molar-refractivity contribution in [3.8, 4) is 0 Å². The first-order valence-corrected chi connectivity index (χ1v) is 8.07. The van der Waals surface area contributed by atoms with Crippen LogP contribution in [0.15, 0.2) is 24.3 Å². The van der Waals surface area contributed by atoms with Gasteiger partial charge in [0.1, 0.15) is 0 Å². The van der Waals surface area contributed by atoms with Crippen LogP contribution in [0.25, 0.3) is 0 Å². The summed E-state index contributed by atoms with van der Waals surface area (Å²) in [5.41, 5.74) is 6.07. The van der Waals surface area contributed by atoms with Crippen molar-refractivity contribution in [3.63, 3.8) is 0 Å². The minimum atomic E-state index is 0.170. The van der Waals surface area contributed by atoms with E-state index >= 15 is 0 Å². The van der Waals surface area contributed by atoms with E-state index in [2.05, 4.69) is 57.4 Å². The lowest BCUT2D eigenvalue weighted by Gasteiger charge is -2.33. The Morgan fingerprint density at radius 1 is 1.33 bits per heavy atom. The molecule has 0 spiro atoms. The van der Waals surface area contributed by atoms with E-state index in [9.17, 15) is 0 Å². The second kappa shape index (κ2) is 6.91. The lowest BCUT2D eigenvalue weighted by Crippen LogP contribution is -2.40. The molecule has 1 aliphatic rings. The van der Waals surface area contributed by atoms with Gasteiger partial charge in [-0.3, -0.25) is 11.3 Å². The lowest BCUT2D eigenvalue weighted by molar-refractivity contribution is 0.0260. The maximum Gasteiger partial charge on any atom is 0.0843 e. The number of fused-ring (bicyclic) bond motifs is 1. The minimum Gasteiger partial charge on any atom is -0.373 e. The van der Waals surface area contributed by atoms with Crippen LogP contribution in [0.5, 0.6) is 0 Å². The largest absolute Gasteiger partial charge is 0.373 e. The highest BCUT2D eigenvalue weighted by Gasteiger charge is 2.27. The number of nitrogens with one attached hydrogen (secondary N) is 1. The molecule has 21 heavy (non-hydrogen) atoms. The van der Waals surface area contributed by atoms with Gasteiger partial charge in [-0.05, 0) is 41.7 Å². The van der Waals surface area contributed by atoms with Gasteiger partial charge in [-0.2, -0.15) is 0 Å². The molecule has 0 fully saturated rings. The smallest absolute Gasteiger partial charge is 0.0843 e. The first-order valence-electron chi connectivity index (χ1n) is 8.07. The highest BCUT2D eigenvalue weighted by molar-refractivity contribution is 5.31. The Hall–Kier alpha value is -0.900. The van der Waals surface area contributed by atoms with Crippen LogP contribution in [0.1, 0.15) is 57.8 Å². The molecule has 3 atom stereocenters. The van der Waals surface area contributed by atoms with Gasteiger partial charge in [0.15, 0.2) is 0 Å². The molecule has 2 rings (SSSR count). The Morgan fingerprint density at radius 3 is 2.71 bits per heavy atom. The van der Waals surface area contributed by atoms with Gasteiger partial charge in [0, 0.05) is 6.04 Å². The van der Waals surface area contributed by atoms with Crippen molar-refractivity contribution in [3.05, 3.63) is 35.4 Å². The third-order valence-electron chi connectivity index (χ3n) is 4.94. The van der Waals surface area contributed by atoms with Crippen molar-refractivity contribution >= 4 is 0 Å². The number of benzene rings is 1. The normalized spacial score (nSPS) is 21.7. The summed E-state index contributed by atoms with van der Waals surface area (Å²) in [6.45, 7) is 9.99. The van der Waals surface area contributed by atoms with Gasteiger partial charge in [-0.25, -0.2) is 0 Å². The number of nitrogens with two attached hydrogens (primary N) is 1. The molecular formula is C18H30N2O. The van der Waals surface area contributed by atoms with Crippen LogP contribution in [0.4, 0.5) is 0 Å². The number of hydrogen-bond acceptors (Lipinski definition) is 3. The van der Waals surface area contributed by atoms with Crippen molar-refractivity contribution in [2.75, 3.05) is 6.61 Å². The van der Waals surface area contributed by atoms with Gasteiger partial charge in [0.25, 0.3) is 0 Å². The van der Waals surface area contributed by atoms with Crippen LogP contribution in [-0.2, 0) is 11.2 Å². The van der Waals surface area contributed by atoms with Gasteiger partial charge in [-0.15, -0.1) is 0 Å². The number of rotatable bonds is 5. The van der Waals surface area contributed by atoms with Crippen LogP contribution < -0.4 is 11.3 Å². The summed E-state index contributed by atoms with van der Waals surface area (Å²) >= 11 is 0. The topological polar surface area (TPSA) is 47.3 Å². The Bertz CT molecular complexity index is 453. The monoisotopic (exact) mass is 290 g/mol. The summed E-state index contributed by atoms with van der Waals surface area (Å²) in [6.07, 6.45) is 3.20. The summed E-state index contributed by atoms with van der Waals surface area (Å²) in [5.74, 6) is 6.40. The second-order valence-electron chi connectivity index (χ2n) is 7.41. The van der Waals surface area contributed by atoms with Gasteiger partial charge in [0.05, 0.1) is 12.7 Å². The third kappa shape index (κ3) is 4.29. The molecule has 1 heterocycles. The Kier molecular flexibility index (Phi) is 5.42. The molecule has 1 aromatic carbocycles. The maximum absolute atomic E-state index is 6.01. The molecule has 1 aliphatic heterocycles. The van der Waals surface area contributed by atoms with Gasteiger partial charge in [0.2, 0.25) is 0 Å². The molecule has 3 nitrogen and oxygen atoms in total. The van der Waals surface area contributed by atoms with Crippen LogP contribution in [0, 0.1) is 11.3 Å². The maximum atomic E-state index is 6.01. The fraction of sp³-hybridized carbons (Fsp3) is 0.667. The van der Waals surface area contributed by atoms with E-state index < -0.39 is 0 Å². The SMILES string of the molecule is CC(CC(CC1OCCc2ccccc21)NN)C(C)(C)C. The first-order chi connectivity index (χ1) is 9.91. The summed E-state index contributed by atoms with van der Waals surface area (Å²) in [7, 11) is 0. The van der Waals surface area contributed by atoms with Gasteiger partial charge < -0.3 is 4.74 Å². The van der Waals surface area contributed by atoms with E-state index in [1.165, 1.54) is 11.1 Å². The number of hydrazine groups is 1. The van der Waals surface area contributed by atoms with Crippen molar-refractivity contribution in [2.24, 2.45) is 17.2 Å². The molecule has 0 saturated heterocycles. The molecule has 3 N–H and O–H groups in total. The molecule has 0 aromatic heterocycles. The summed E-state index contributed by atoms with van der Waals surface area (Å²) in [6, 6.07) is 8.91. The zero-order valence-corrected chi connectivity index (χ0v) is 13.9. The van der Waals surface area contributed by atoms with Crippen LogP contribution in [-0.4, -0.2) is 12.6 Å². The third-order valence-corrected chi connectivity index (χ3v) is 4.94. The Morgan fingerprint density at radius 2 is 2.05 bits per heavy atom. The Labute approximate surface area is 129 Å². The summed E-state index contributed by atoms with van der Waals surface area (Å²) < 4.78 is 6.01. The number of hydrogen-bond donors (Lipinski definition) is 2. The zero-order valence-electron chi connectivity index (χ0n) is 13.9. The van der Waals surface area contributed by atoms with E-state index in [0.717, 1.165) is 25.9 Å². The molecule has 0 bridgehead atoms. The van der Waals surface area contributed by atoms with Crippen LogP contribution in [0.3, 0.4) is 0 Å². The fourth-order valence-corrected chi connectivity index (χ4v) is 2.94. The molecule has 0 aliphatic carbocycles. The minimum absolute atomic E-state index is 0.170. The molecule has 1 aromatic rings. The molecule has 3 unspecified atom stereocenters. The molecule has 3 heteroatoms. The average molecular weight is 290 g/mol. The predicted molar refractivity (Wildman–Crippen MR) is 87.8 cm³/mol. The number of ether oxygens (including phenoxy) is 1. The van der Waals surface area contributed by atoms with Gasteiger partial charge in [-0.1, -0.05) is 52.0 Å². The molecule has 0 amide bonds. The lowest BCUT2D eigenvalue weighted by atomic mass is 9.77. The van der Waals surface area contributed by atoms with Gasteiger partial charge >= 0.3 is 0 Å². The van der Waals surface area contributed by atoms with Crippen molar-refractivity contribution in [2.45, 2.75) is 59.1 Å². The highest BCUT2D eigenvalue weighted by atomic mass is 16.5. The van der Waals surface area contributed by atoms with Crippen molar-refractivity contribution in [1.29, 1.82) is 0 Å². The van der Waals surface area contributed by atoms with E-state index in [1.807, 2.05) is 0 Å². The Balaban J connectivity index is 2.03. The van der Waals surface area contributed by atoms with E-state index in [1.54, 1.807) is 0 Å².